The van der Waals surface area contributed by atoms with Crippen LogP contribution in [0.2, 0.25) is 0 Å². The summed E-state index contributed by atoms with van der Waals surface area (Å²) in [5.74, 6) is 3.64. The van der Waals surface area contributed by atoms with Crippen molar-refractivity contribution in [2.45, 2.75) is 40.2 Å². The molecule has 1 aliphatic heterocycles. The van der Waals surface area contributed by atoms with Crippen LogP contribution in [0.3, 0.4) is 0 Å². The topological polar surface area (TPSA) is 28.4 Å². The van der Waals surface area contributed by atoms with Crippen LogP contribution in [0.25, 0.3) is 0 Å². The van der Waals surface area contributed by atoms with E-state index in [1.165, 1.54) is 19.5 Å². The summed E-state index contributed by atoms with van der Waals surface area (Å²) in [6.45, 7) is 13.4. The van der Waals surface area contributed by atoms with Crippen LogP contribution < -0.4 is 5.32 Å². The Balaban J connectivity index is 1.78. The normalized spacial score (nSPS) is 22.3. The van der Waals surface area contributed by atoms with Gasteiger partial charge in [-0.05, 0) is 63.9 Å². The maximum Gasteiger partial charge on any atom is 0.121 e. The van der Waals surface area contributed by atoms with Crippen LogP contribution in [0.4, 0.5) is 0 Å². The molecule has 0 spiro atoms. The van der Waals surface area contributed by atoms with Crippen molar-refractivity contribution < 1.29 is 4.42 Å². The number of nitrogens with zero attached hydrogens (tertiary/aromatic N) is 1. The summed E-state index contributed by atoms with van der Waals surface area (Å²) < 4.78 is 5.75. The van der Waals surface area contributed by atoms with Gasteiger partial charge in [-0.25, -0.2) is 0 Å². The molecule has 1 N–H and O–H groups in total. The van der Waals surface area contributed by atoms with Crippen molar-refractivity contribution in [3.8, 4) is 0 Å². The largest absolute Gasteiger partial charge is 0.465 e. The first kappa shape index (κ1) is 14.6. The Kier molecular flexibility index (Phi) is 5.06. The van der Waals surface area contributed by atoms with Gasteiger partial charge < -0.3 is 9.73 Å². The summed E-state index contributed by atoms with van der Waals surface area (Å²) in [6.07, 6.45) is 1.30. The van der Waals surface area contributed by atoms with E-state index in [1.807, 2.05) is 6.92 Å². The predicted octanol–water partition coefficient (Wildman–Crippen LogP) is 3.22. The highest BCUT2D eigenvalue weighted by molar-refractivity contribution is 5.09. The van der Waals surface area contributed by atoms with E-state index in [-0.39, 0.29) is 0 Å². The molecule has 19 heavy (non-hydrogen) atoms. The molecule has 0 bridgehead atoms. The molecule has 0 amide bonds. The molecular formula is C16H28N2O. The maximum absolute atomic E-state index is 5.75. The molecule has 0 radical (unpaired) electrons. The quantitative estimate of drug-likeness (QED) is 0.855. The second-order valence-corrected chi connectivity index (χ2v) is 6.33. The van der Waals surface area contributed by atoms with E-state index >= 15 is 0 Å². The molecule has 3 nitrogen and oxygen atoms in total. The predicted molar refractivity (Wildman–Crippen MR) is 79.2 cm³/mol. The summed E-state index contributed by atoms with van der Waals surface area (Å²) in [7, 11) is 0. The molecule has 0 saturated carbocycles. The van der Waals surface area contributed by atoms with Crippen molar-refractivity contribution in [1.82, 2.24) is 10.2 Å². The van der Waals surface area contributed by atoms with Crippen LogP contribution in [0.1, 0.15) is 44.8 Å². The fourth-order valence-electron chi connectivity index (χ4n) is 2.82. The van der Waals surface area contributed by atoms with Crippen molar-refractivity contribution in [3.63, 3.8) is 0 Å². The first-order valence-corrected chi connectivity index (χ1v) is 7.57. The second-order valence-electron chi connectivity index (χ2n) is 6.33. The van der Waals surface area contributed by atoms with Crippen molar-refractivity contribution in [1.29, 1.82) is 0 Å². The van der Waals surface area contributed by atoms with Gasteiger partial charge in [0.15, 0.2) is 0 Å². The summed E-state index contributed by atoms with van der Waals surface area (Å²) in [6, 6.07) is 4.58. The van der Waals surface area contributed by atoms with Crippen LogP contribution in [0.15, 0.2) is 16.5 Å². The summed E-state index contributed by atoms with van der Waals surface area (Å²) in [5.41, 5.74) is 0. The smallest absolute Gasteiger partial charge is 0.121 e. The average Bonchev–Trinajstić information content (AvgIpc) is 2.97. The highest BCUT2D eigenvalue weighted by Crippen LogP contribution is 2.28. The third-order valence-electron chi connectivity index (χ3n) is 4.02. The van der Waals surface area contributed by atoms with E-state index in [2.05, 4.69) is 43.1 Å². The number of nitrogens with one attached hydrogen (secondary N) is 1. The van der Waals surface area contributed by atoms with Crippen molar-refractivity contribution in [2.24, 2.45) is 11.8 Å². The minimum Gasteiger partial charge on any atom is -0.465 e. The van der Waals surface area contributed by atoms with Crippen LogP contribution in [-0.4, -0.2) is 31.1 Å². The van der Waals surface area contributed by atoms with Gasteiger partial charge in [-0.3, -0.25) is 4.90 Å². The maximum atomic E-state index is 5.75. The average molecular weight is 264 g/mol. The first-order chi connectivity index (χ1) is 9.06. The molecule has 2 unspecified atom stereocenters. The van der Waals surface area contributed by atoms with Gasteiger partial charge in [0, 0.05) is 6.54 Å². The van der Waals surface area contributed by atoms with Crippen LogP contribution >= 0.6 is 0 Å². The third kappa shape index (κ3) is 4.08. The number of likely N-dealkylation sites (tertiary alicyclic amines) is 1. The minimum atomic E-state index is 0.406. The fourth-order valence-corrected chi connectivity index (χ4v) is 2.82. The van der Waals surface area contributed by atoms with E-state index in [0.717, 1.165) is 36.4 Å². The molecule has 0 aliphatic carbocycles. The molecule has 108 valence electrons. The zero-order valence-electron chi connectivity index (χ0n) is 12.8. The van der Waals surface area contributed by atoms with Crippen LogP contribution in [-0.2, 0) is 0 Å². The van der Waals surface area contributed by atoms with E-state index in [4.69, 9.17) is 4.42 Å². The Morgan fingerprint density at radius 2 is 2.16 bits per heavy atom. The standard InChI is InChI=1S/C16H28N2O/c1-12(2)9-17-10-15-7-8-18(11-15)14(4)16-6-5-13(3)19-16/h5-6,12,14-15,17H,7-11H2,1-4H3. The summed E-state index contributed by atoms with van der Waals surface area (Å²) >= 11 is 0. The molecule has 1 aromatic rings. The highest BCUT2D eigenvalue weighted by Gasteiger charge is 2.27. The molecule has 3 heteroatoms. The van der Waals surface area contributed by atoms with Crippen molar-refractivity contribution in [3.05, 3.63) is 23.7 Å². The minimum absolute atomic E-state index is 0.406. The van der Waals surface area contributed by atoms with E-state index in [0.29, 0.717) is 6.04 Å². The monoisotopic (exact) mass is 264 g/mol. The van der Waals surface area contributed by atoms with Gasteiger partial charge in [0.05, 0.1) is 6.04 Å². The molecule has 2 rings (SSSR count). The lowest BCUT2D eigenvalue weighted by atomic mass is 10.1. The molecule has 2 atom stereocenters. The molecule has 1 aromatic heterocycles. The fraction of sp³-hybridized carbons (Fsp3) is 0.750. The van der Waals surface area contributed by atoms with Crippen LogP contribution in [0.5, 0.6) is 0 Å². The van der Waals surface area contributed by atoms with Gasteiger partial charge in [-0.15, -0.1) is 0 Å². The molecule has 2 heterocycles. The highest BCUT2D eigenvalue weighted by atomic mass is 16.3. The zero-order chi connectivity index (χ0) is 13.8. The molecule has 1 aliphatic rings. The van der Waals surface area contributed by atoms with E-state index < -0.39 is 0 Å². The Hall–Kier alpha value is -0.800. The van der Waals surface area contributed by atoms with Gasteiger partial charge in [0.25, 0.3) is 0 Å². The summed E-state index contributed by atoms with van der Waals surface area (Å²) in [4.78, 5) is 2.54. The Morgan fingerprint density at radius 3 is 2.79 bits per heavy atom. The Bertz CT molecular complexity index is 386. The lowest BCUT2D eigenvalue weighted by Crippen LogP contribution is -2.29. The molecule has 1 fully saturated rings. The van der Waals surface area contributed by atoms with Crippen LogP contribution in [0, 0.1) is 18.8 Å². The molecule has 1 saturated heterocycles. The number of rotatable bonds is 6. The van der Waals surface area contributed by atoms with Gasteiger partial charge >= 0.3 is 0 Å². The molecule has 0 aromatic carbocycles. The van der Waals surface area contributed by atoms with E-state index in [9.17, 15) is 0 Å². The number of aryl methyl sites for hydroxylation is 1. The zero-order valence-corrected chi connectivity index (χ0v) is 12.8. The SMILES string of the molecule is Cc1ccc(C(C)N2CCC(CNCC(C)C)C2)o1. The first-order valence-electron chi connectivity index (χ1n) is 7.57. The van der Waals surface area contributed by atoms with Gasteiger partial charge in [0.1, 0.15) is 11.5 Å². The summed E-state index contributed by atoms with van der Waals surface area (Å²) in [5, 5.41) is 3.58. The molecular weight excluding hydrogens is 236 g/mol. The number of hydrogen-bond donors (Lipinski definition) is 1. The second kappa shape index (κ2) is 6.58. The lowest BCUT2D eigenvalue weighted by Gasteiger charge is -2.22. The Morgan fingerprint density at radius 1 is 1.37 bits per heavy atom. The van der Waals surface area contributed by atoms with Crippen molar-refractivity contribution in [2.75, 3.05) is 26.2 Å². The number of furan rings is 1. The van der Waals surface area contributed by atoms with E-state index in [1.54, 1.807) is 0 Å². The van der Waals surface area contributed by atoms with Crippen molar-refractivity contribution >= 4 is 0 Å². The van der Waals surface area contributed by atoms with Gasteiger partial charge in [-0.2, -0.15) is 0 Å². The number of hydrogen-bond acceptors (Lipinski definition) is 3. The third-order valence-corrected chi connectivity index (χ3v) is 4.02. The van der Waals surface area contributed by atoms with Gasteiger partial charge in [-0.1, -0.05) is 13.8 Å². The Labute approximate surface area is 117 Å². The lowest BCUT2D eigenvalue weighted by molar-refractivity contribution is 0.221. The van der Waals surface area contributed by atoms with Gasteiger partial charge in [0.2, 0.25) is 0 Å².